The minimum absolute atomic E-state index is 0.517. The lowest BCUT2D eigenvalue weighted by atomic mass is 10.2. The first kappa shape index (κ1) is 15.8. The molecule has 0 atom stereocenters. The summed E-state index contributed by atoms with van der Waals surface area (Å²) in [6.07, 6.45) is 0. The molecule has 0 aliphatic carbocycles. The van der Waals surface area contributed by atoms with Gasteiger partial charge in [0.2, 0.25) is 0 Å². The van der Waals surface area contributed by atoms with Crippen molar-refractivity contribution in [2.24, 2.45) is 0 Å². The van der Waals surface area contributed by atoms with E-state index >= 15 is 0 Å². The molecular formula is C18H16N6O2. The summed E-state index contributed by atoms with van der Waals surface area (Å²) in [5.74, 6) is 3.89. The van der Waals surface area contributed by atoms with Gasteiger partial charge in [-0.2, -0.15) is 0 Å². The Bertz CT molecular complexity index is 921. The van der Waals surface area contributed by atoms with Crippen LogP contribution >= 0.6 is 0 Å². The first-order valence-electron chi connectivity index (χ1n) is 7.91. The van der Waals surface area contributed by atoms with Crippen molar-refractivity contribution in [3.8, 4) is 45.9 Å². The number of H-pyrrole nitrogens is 2. The molecule has 4 rings (SSSR count). The van der Waals surface area contributed by atoms with E-state index in [-0.39, 0.29) is 0 Å². The molecule has 130 valence electrons. The molecular weight excluding hydrogens is 332 g/mol. The second-order valence-corrected chi connectivity index (χ2v) is 5.50. The number of ether oxygens (including phenoxy) is 2. The van der Waals surface area contributed by atoms with Crippen molar-refractivity contribution in [1.29, 1.82) is 0 Å². The summed E-state index contributed by atoms with van der Waals surface area (Å²) in [5.41, 5.74) is 1.80. The SMILES string of the molecule is COc1ccc(-c2nnc(-c3nnc(-c4ccc(OC)cc4)[nH]3)[nH]2)cc1. The minimum atomic E-state index is 0.517. The van der Waals surface area contributed by atoms with E-state index in [1.807, 2.05) is 48.5 Å². The highest BCUT2D eigenvalue weighted by molar-refractivity contribution is 5.61. The molecule has 8 nitrogen and oxygen atoms in total. The van der Waals surface area contributed by atoms with Gasteiger partial charge in [0.05, 0.1) is 14.2 Å². The summed E-state index contributed by atoms with van der Waals surface area (Å²) >= 11 is 0. The number of rotatable bonds is 5. The predicted octanol–water partition coefficient (Wildman–Crippen LogP) is 2.94. The minimum Gasteiger partial charge on any atom is -0.497 e. The molecule has 0 fully saturated rings. The van der Waals surface area contributed by atoms with Gasteiger partial charge < -0.3 is 19.4 Å². The van der Waals surface area contributed by atoms with Crippen molar-refractivity contribution in [2.75, 3.05) is 14.2 Å². The van der Waals surface area contributed by atoms with E-state index in [1.165, 1.54) is 0 Å². The average Bonchev–Trinajstić information content (AvgIpc) is 3.38. The van der Waals surface area contributed by atoms with E-state index in [2.05, 4.69) is 30.4 Å². The van der Waals surface area contributed by atoms with Gasteiger partial charge in [-0.05, 0) is 48.5 Å². The molecule has 2 heterocycles. The Kier molecular flexibility index (Phi) is 4.06. The molecule has 26 heavy (non-hydrogen) atoms. The Morgan fingerprint density at radius 2 is 0.885 bits per heavy atom. The molecule has 0 radical (unpaired) electrons. The zero-order valence-corrected chi connectivity index (χ0v) is 14.2. The Balaban J connectivity index is 1.58. The number of nitrogens with one attached hydrogen (secondary N) is 2. The van der Waals surface area contributed by atoms with Crippen LogP contribution < -0.4 is 9.47 Å². The van der Waals surface area contributed by atoms with Crippen molar-refractivity contribution in [2.45, 2.75) is 0 Å². The lowest BCUT2D eigenvalue weighted by Gasteiger charge is -2.00. The van der Waals surface area contributed by atoms with Crippen molar-refractivity contribution in [1.82, 2.24) is 30.4 Å². The molecule has 2 aromatic heterocycles. The van der Waals surface area contributed by atoms with Gasteiger partial charge in [-0.25, -0.2) is 0 Å². The Morgan fingerprint density at radius 1 is 0.538 bits per heavy atom. The van der Waals surface area contributed by atoms with Gasteiger partial charge in [0.1, 0.15) is 11.5 Å². The van der Waals surface area contributed by atoms with Crippen molar-refractivity contribution in [3.63, 3.8) is 0 Å². The maximum Gasteiger partial charge on any atom is 0.199 e. The van der Waals surface area contributed by atoms with Crippen LogP contribution in [0.2, 0.25) is 0 Å². The first-order valence-corrected chi connectivity index (χ1v) is 7.91. The van der Waals surface area contributed by atoms with Crippen LogP contribution in [0.15, 0.2) is 48.5 Å². The number of methoxy groups -OCH3 is 2. The van der Waals surface area contributed by atoms with Crippen molar-refractivity contribution in [3.05, 3.63) is 48.5 Å². The number of benzene rings is 2. The quantitative estimate of drug-likeness (QED) is 0.575. The van der Waals surface area contributed by atoms with Crippen LogP contribution in [-0.4, -0.2) is 44.6 Å². The van der Waals surface area contributed by atoms with Gasteiger partial charge in [0, 0.05) is 11.1 Å². The first-order chi connectivity index (χ1) is 12.8. The molecule has 0 aliphatic heterocycles. The summed E-state index contributed by atoms with van der Waals surface area (Å²) in [4.78, 5) is 6.30. The topological polar surface area (TPSA) is 102 Å². The van der Waals surface area contributed by atoms with Gasteiger partial charge in [0.25, 0.3) is 0 Å². The fourth-order valence-corrected chi connectivity index (χ4v) is 2.50. The number of hydrogen-bond donors (Lipinski definition) is 2. The number of nitrogens with zero attached hydrogens (tertiary/aromatic N) is 4. The van der Waals surface area contributed by atoms with E-state index in [4.69, 9.17) is 9.47 Å². The van der Waals surface area contributed by atoms with Gasteiger partial charge in [0.15, 0.2) is 23.3 Å². The van der Waals surface area contributed by atoms with Crippen LogP contribution in [0.3, 0.4) is 0 Å². The highest BCUT2D eigenvalue weighted by Crippen LogP contribution is 2.23. The normalized spacial score (nSPS) is 10.7. The highest BCUT2D eigenvalue weighted by atomic mass is 16.5. The van der Waals surface area contributed by atoms with E-state index in [1.54, 1.807) is 14.2 Å². The van der Waals surface area contributed by atoms with Gasteiger partial charge in [-0.3, -0.25) is 0 Å². The average molecular weight is 348 g/mol. The van der Waals surface area contributed by atoms with E-state index in [0.29, 0.717) is 23.3 Å². The van der Waals surface area contributed by atoms with E-state index < -0.39 is 0 Å². The molecule has 0 saturated carbocycles. The van der Waals surface area contributed by atoms with Crippen LogP contribution in [0.1, 0.15) is 0 Å². The van der Waals surface area contributed by atoms with E-state index in [0.717, 1.165) is 22.6 Å². The second kappa shape index (κ2) is 6.67. The lowest BCUT2D eigenvalue weighted by molar-refractivity contribution is 0.414. The fraction of sp³-hybridized carbons (Fsp3) is 0.111. The number of aromatic nitrogens is 6. The second-order valence-electron chi connectivity index (χ2n) is 5.50. The van der Waals surface area contributed by atoms with Crippen LogP contribution in [0.5, 0.6) is 11.5 Å². The van der Waals surface area contributed by atoms with Gasteiger partial charge in [-0.1, -0.05) is 0 Å². The molecule has 4 aromatic rings. The zero-order chi connectivity index (χ0) is 17.9. The smallest absolute Gasteiger partial charge is 0.199 e. The number of hydrogen-bond acceptors (Lipinski definition) is 6. The van der Waals surface area contributed by atoms with Crippen LogP contribution in [0, 0.1) is 0 Å². The molecule has 0 saturated heterocycles. The summed E-state index contributed by atoms with van der Waals surface area (Å²) in [7, 11) is 3.26. The summed E-state index contributed by atoms with van der Waals surface area (Å²) in [5, 5.41) is 16.6. The van der Waals surface area contributed by atoms with Crippen LogP contribution in [0.4, 0.5) is 0 Å². The fourth-order valence-electron chi connectivity index (χ4n) is 2.50. The lowest BCUT2D eigenvalue weighted by Crippen LogP contribution is -1.85. The molecule has 0 aliphatic rings. The third-order valence-corrected chi connectivity index (χ3v) is 3.92. The summed E-state index contributed by atoms with van der Waals surface area (Å²) < 4.78 is 10.3. The molecule has 0 amide bonds. The molecule has 0 spiro atoms. The Hall–Kier alpha value is -3.68. The Labute approximate surface area is 149 Å². The molecule has 8 heteroatoms. The van der Waals surface area contributed by atoms with Crippen molar-refractivity contribution < 1.29 is 9.47 Å². The third-order valence-electron chi connectivity index (χ3n) is 3.92. The van der Waals surface area contributed by atoms with Gasteiger partial charge >= 0.3 is 0 Å². The zero-order valence-electron chi connectivity index (χ0n) is 14.2. The summed E-state index contributed by atoms with van der Waals surface area (Å²) in [6.45, 7) is 0. The molecule has 0 bridgehead atoms. The van der Waals surface area contributed by atoms with E-state index in [9.17, 15) is 0 Å². The Morgan fingerprint density at radius 3 is 1.23 bits per heavy atom. The predicted molar refractivity (Wildman–Crippen MR) is 95.7 cm³/mol. The van der Waals surface area contributed by atoms with Crippen LogP contribution in [0.25, 0.3) is 34.4 Å². The monoisotopic (exact) mass is 348 g/mol. The standard InChI is InChI=1S/C18H16N6O2/c1-25-13-7-3-11(4-8-13)15-19-17(23-21-15)18-20-16(22-24-18)12-5-9-14(26-2)10-6-12/h3-10H,1-2H3,(H,19,21,23)(H,20,22,24). The highest BCUT2D eigenvalue weighted by Gasteiger charge is 2.13. The largest absolute Gasteiger partial charge is 0.497 e. The number of aromatic amines is 2. The maximum absolute atomic E-state index is 5.16. The van der Waals surface area contributed by atoms with Gasteiger partial charge in [-0.15, -0.1) is 20.4 Å². The molecule has 2 aromatic carbocycles. The molecule has 2 N–H and O–H groups in total. The van der Waals surface area contributed by atoms with Crippen LogP contribution in [-0.2, 0) is 0 Å². The summed E-state index contributed by atoms with van der Waals surface area (Å²) in [6, 6.07) is 15.1. The third kappa shape index (κ3) is 3.00. The maximum atomic E-state index is 5.16. The molecule has 0 unspecified atom stereocenters. The van der Waals surface area contributed by atoms with Crippen molar-refractivity contribution >= 4 is 0 Å².